The minimum absolute atomic E-state index is 0.818. The van der Waals surface area contributed by atoms with Crippen molar-refractivity contribution in [2.45, 2.75) is 0 Å². The molecule has 164 valence electrons. The highest BCUT2D eigenvalue weighted by molar-refractivity contribution is 5.96. The van der Waals surface area contributed by atoms with Gasteiger partial charge in [0.25, 0.3) is 0 Å². The van der Waals surface area contributed by atoms with Gasteiger partial charge in [-0.1, -0.05) is 12.1 Å². The number of hydrogen-bond donors (Lipinski definition) is 2. The summed E-state index contributed by atoms with van der Waals surface area (Å²) >= 11 is 0. The number of nitrogens with one attached hydrogen (secondary N) is 2. The Balaban J connectivity index is 1.26. The van der Waals surface area contributed by atoms with Crippen LogP contribution >= 0.6 is 0 Å². The third-order valence-corrected chi connectivity index (χ3v) is 6.34. The predicted molar refractivity (Wildman–Crippen MR) is 134 cm³/mol. The molecule has 0 bridgehead atoms. The molecule has 5 aromatic rings. The van der Waals surface area contributed by atoms with Crippen molar-refractivity contribution in [3.8, 4) is 11.1 Å². The minimum atomic E-state index is 0.818. The van der Waals surface area contributed by atoms with Gasteiger partial charge in [-0.05, 0) is 55.1 Å². The van der Waals surface area contributed by atoms with Gasteiger partial charge in [-0.3, -0.25) is 0 Å². The fraction of sp³-hybridized carbons (Fsp3) is 0.192. The first-order valence-electron chi connectivity index (χ1n) is 11.2. The van der Waals surface area contributed by atoms with Crippen LogP contribution in [-0.2, 0) is 0 Å². The molecular weight excluding hydrogens is 410 g/mol. The van der Waals surface area contributed by atoms with E-state index < -0.39 is 0 Å². The molecule has 0 aliphatic carbocycles. The van der Waals surface area contributed by atoms with Gasteiger partial charge in [0.15, 0.2) is 0 Å². The topological polar surface area (TPSA) is 73.0 Å². The van der Waals surface area contributed by atoms with Crippen LogP contribution in [0.3, 0.4) is 0 Å². The Bertz CT molecular complexity index is 1430. The van der Waals surface area contributed by atoms with Gasteiger partial charge < -0.3 is 20.1 Å². The number of benzene rings is 2. The minimum Gasteiger partial charge on any atom is -0.369 e. The molecule has 7 nitrogen and oxygen atoms in total. The highest BCUT2D eigenvalue weighted by Crippen LogP contribution is 2.31. The summed E-state index contributed by atoms with van der Waals surface area (Å²) in [4.78, 5) is 21.4. The van der Waals surface area contributed by atoms with E-state index in [0.717, 1.165) is 70.7 Å². The first kappa shape index (κ1) is 19.7. The van der Waals surface area contributed by atoms with E-state index in [1.165, 1.54) is 5.69 Å². The number of fused-ring (bicyclic) bond motifs is 2. The van der Waals surface area contributed by atoms with Crippen LogP contribution in [0.1, 0.15) is 0 Å². The number of nitrogens with zero attached hydrogens (tertiary/aromatic N) is 5. The molecule has 1 aliphatic heterocycles. The highest BCUT2D eigenvalue weighted by Gasteiger charge is 2.15. The molecule has 0 radical (unpaired) electrons. The normalized spacial score (nSPS) is 14.8. The average Bonchev–Trinajstić information content (AvgIpc) is 3.28. The lowest BCUT2D eigenvalue weighted by Crippen LogP contribution is -2.44. The summed E-state index contributed by atoms with van der Waals surface area (Å²) in [7, 11) is 2.18. The number of aromatic nitrogens is 4. The second-order valence-electron chi connectivity index (χ2n) is 8.56. The first-order valence-corrected chi connectivity index (χ1v) is 11.2. The van der Waals surface area contributed by atoms with Crippen molar-refractivity contribution in [1.82, 2.24) is 24.8 Å². The highest BCUT2D eigenvalue weighted by atomic mass is 15.2. The third kappa shape index (κ3) is 3.87. The second kappa shape index (κ2) is 8.18. The zero-order valence-corrected chi connectivity index (χ0v) is 18.5. The fourth-order valence-corrected chi connectivity index (χ4v) is 4.46. The Morgan fingerprint density at radius 1 is 0.970 bits per heavy atom. The third-order valence-electron chi connectivity index (χ3n) is 6.34. The van der Waals surface area contributed by atoms with Crippen LogP contribution in [0.4, 0.5) is 17.2 Å². The van der Waals surface area contributed by atoms with Gasteiger partial charge in [-0.2, -0.15) is 0 Å². The van der Waals surface area contributed by atoms with Gasteiger partial charge in [0.05, 0.1) is 5.52 Å². The van der Waals surface area contributed by atoms with E-state index in [4.69, 9.17) is 4.98 Å². The lowest BCUT2D eigenvalue weighted by molar-refractivity contribution is 0.313. The average molecular weight is 436 g/mol. The van der Waals surface area contributed by atoms with Crippen LogP contribution in [0, 0.1) is 0 Å². The Hall–Kier alpha value is -3.97. The van der Waals surface area contributed by atoms with E-state index in [1.807, 2.05) is 24.5 Å². The van der Waals surface area contributed by atoms with Gasteiger partial charge in [-0.25, -0.2) is 15.0 Å². The Morgan fingerprint density at radius 2 is 1.88 bits per heavy atom. The summed E-state index contributed by atoms with van der Waals surface area (Å²) in [5.74, 6) is 0.818. The van der Waals surface area contributed by atoms with Crippen molar-refractivity contribution in [1.29, 1.82) is 0 Å². The molecule has 0 spiro atoms. The number of anilines is 3. The van der Waals surface area contributed by atoms with Gasteiger partial charge in [0, 0.05) is 66.3 Å². The standard InChI is InChI=1S/C26H25N7/c1-32-9-11-33(12-10-32)21-4-2-3-20(14-21)30-25-8-6-22-23(16-28-26(22)31-25)18-5-7-24-19(13-18)15-27-17-29-24/h2-8,13-17H,9-12H2,1H3,(H2,28,30,31). The van der Waals surface area contributed by atoms with Crippen molar-refractivity contribution in [3.05, 3.63) is 73.3 Å². The summed E-state index contributed by atoms with van der Waals surface area (Å²) in [6.45, 7) is 4.29. The van der Waals surface area contributed by atoms with Gasteiger partial charge in [0.2, 0.25) is 0 Å². The van der Waals surface area contributed by atoms with Crippen LogP contribution in [0.5, 0.6) is 0 Å². The van der Waals surface area contributed by atoms with Crippen LogP contribution < -0.4 is 10.2 Å². The van der Waals surface area contributed by atoms with Crippen molar-refractivity contribution >= 4 is 39.1 Å². The molecule has 6 rings (SSSR count). The molecule has 2 aromatic carbocycles. The quantitative estimate of drug-likeness (QED) is 0.427. The number of aromatic amines is 1. The Kier molecular flexibility index (Phi) is 4.88. The molecule has 0 amide bonds. The van der Waals surface area contributed by atoms with Crippen LogP contribution in [0.25, 0.3) is 33.1 Å². The summed E-state index contributed by atoms with van der Waals surface area (Å²) in [5, 5.41) is 5.58. The van der Waals surface area contributed by atoms with Crippen LogP contribution in [0.15, 0.2) is 73.3 Å². The summed E-state index contributed by atoms with van der Waals surface area (Å²) in [6, 6.07) is 19.0. The first-order chi connectivity index (χ1) is 16.2. The number of piperazine rings is 1. The lowest BCUT2D eigenvalue weighted by atomic mass is 10.0. The van der Waals surface area contributed by atoms with E-state index in [2.05, 4.69) is 79.6 Å². The molecule has 4 heterocycles. The van der Waals surface area contributed by atoms with Crippen molar-refractivity contribution in [2.75, 3.05) is 43.4 Å². The van der Waals surface area contributed by atoms with Gasteiger partial charge in [0.1, 0.15) is 17.8 Å². The van der Waals surface area contributed by atoms with Gasteiger partial charge >= 0.3 is 0 Å². The van der Waals surface area contributed by atoms with Crippen molar-refractivity contribution in [3.63, 3.8) is 0 Å². The maximum absolute atomic E-state index is 4.82. The van der Waals surface area contributed by atoms with Crippen molar-refractivity contribution in [2.24, 2.45) is 0 Å². The fourth-order valence-electron chi connectivity index (χ4n) is 4.46. The molecule has 1 fully saturated rings. The van der Waals surface area contributed by atoms with Crippen LogP contribution in [0.2, 0.25) is 0 Å². The van der Waals surface area contributed by atoms with Gasteiger partial charge in [-0.15, -0.1) is 0 Å². The maximum Gasteiger partial charge on any atom is 0.140 e. The molecule has 7 heteroatoms. The van der Waals surface area contributed by atoms with Crippen molar-refractivity contribution < 1.29 is 0 Å². The largest absolute Gasteiger partial charge is 0.369 e. The van der Waals surface area contributed by atoms with E-state index in [9.17, 15) is 0 Å². The molecule has 1 saturated heterocycles. The summed E-state index contributed by atoms with van der Waals surface area (Å²) < 4.78 is 0. The smallest absolute Gasteiger partial charge is 0.140 e. The van der Waals surface area contributed by atoms with E-state index in [-0.39, 0.29) is 0 Å². The number of hydrogen-bond acceptors (Lipinski definition) is 6. The van der Waals surface area contributed by atoms with Crippen LogP contribution in [-0.4, -0.2) is 58.1 Å². The summed E-state index contributed by atoms with van der Waals surface area (Å²) in [5.41, 5.74) is 6.32. The summed E-state index contributed by atoms with van der Waals surface area (Å²) in [6.07, 6.45) is 5.44. The SMILES string of the molecule is CN1CCN(c2cccc(Nc3ccc4c(-c5ccc6ncncc6c5)c[nH]c4n3)c2)CC1. The number of rotatable bonds is 4. The Morgan fingerprint density at radius 3 is 2.79 bits per heavy atom. The molecule has 3 aromatic heterocycles. The molecule has 0 saturated carbocycles. The number of pyridine rings is 1. The predicted octanol–water partition coefficient (Wildman–Crippen LogP) is 4.67. The Labute approximate surface area is 192 Å². The zero-order chi connectivity index (χ0) is 22.2. The monoisotopic (exact) mass is 435 g/mol. The van der Waals surface area contributed by atoms with E-state index >= 15 is 0 Å². The number of likely N-dealkylation sites (N-methyl/N-ethyl adjacent to an activating group) is 1. The zero-order valence-electron chi connectivity index (χ0n) is 18.5. The molecule has 0 atom stereocenters. The maximum atomic E-state index is 4.82. The molecule has 2 N–H and O–H groups in total. The van der Waals surface area contributed by atoms with E-state index in [1.54, 1.807) is 6.33 Å². The number of H-pyrrole nitrogens is 1. The molecule has 33 heavy (non-hydrogen) atoms. The molecule has 1 aliphatic rings. The molecular formula is C26H25N7. The molecule has 0 unspecified atom stereocenters. The lowest BCUT2D eigenvalue weighted by Gasteiger charge is -2.34. The van der Waals surface area contributed by atoms with E-state index in [0.29, 0.717) is 0 Å². The second-order valence-corrected chi connectivity index (χ2v) is 8.56.